The summed E-state index contributed by atoms with van der Waals surface area (Å²) in [6.45, 7) is 5.11. The molecule has 0 N–H and O–H groups in total. The summed E-state index contributed by atoms with van der Waals surface area (Å²) >= 11 is 5.70. The third-order valence-electron chi connectivity index (χ3n) is 1.90. The Morgan fingerprint density at radius 2 is 2.06 bits per heavy atom. The highest BCUT2D eigenvalue weighted by Gasteiger charge is 2.32. The molecule has 0 bridgehead atoms. The Bertz CT molecular complexity index is 387. The van der Waals surface area contributed by atoms with Gasteiger partial charge in [-0.3, -0.25) is 0 Å². The van der Waals surface area contributed by atoms with Gasteiger partial charge < -0.3 is 4.74 Å². The number of hydrogen-bond acceptors (Lipinski definition) is 1. The van der Waals surface area contributed by atoms with Crippen LogP contribution >= 0.6 is 11.6 Å². The zero-order valence-electron chi connectivity index (χ0n) is 8.44. The van der Waals surface area contributed by atoms with E-state index in [0.29, 0.717) is 10.9 Å². The van der Waals surface area contributed by atoms with Crippen molar-refractivity contribution in [3.8, 4) is 5.75 Å². The summed E-state index contributed by atoms with van der Waals surface area (Å²) in [6.07, 6.45) is -3.28. The predicted octanol–water partition coefficient (Wildman–Crippen LogP) is 4.37. The molecule has 1 aromatic carbocycles. The highest BCUT2D eigenvalue weighted by molar-refractivity contribution is 6.30. The Kier molecular flexibility index (Phi) is 3.86. The van der Waals surface area contributed by atoms with E-state index in [1.807, 2.05) is 0 Å². The largest absolute Gasteiger partial charge is 0.573 e. The van der Waals surface area contributed by atoms with E-state index in [1.54, 1.807) is 6.92 Å². The molecule has 87 valence electrons. The van der Waals surface area contributed by atoms with Crippen molar-refractivity contribution in [2.45, 2.75) is 13.3 Å². The van der Waals surface area contributed by atoms with E-state index < -0.39 is 6.36 Å². The molecule has 0 fully saturated rings. The summed E-state index contributed by atoms with van der Waals surface area (Å²) in [7, 11) is 0. The first-order valence-corrected chi connectivity index (χ1v) is 4.73. The van der Waals surface area contributed by atoms with Gasteiger partial charge in [-0.15, -0.1) is 19.8 Å². The van der Waals surface area contributed by atoms with Gasteiger partial charge in [0.2, 0.25) is 0 Å². The van der Waals surface area contributed by atoms with Gasteiger partial charge in [0.05, 0.1) is 0 Å². The molecule has 0 heterocycles. The molecule has 1 radical (unpaired) electrons. The van der Waals surface area contributed by atoms with Crippen LogP contribution in [0, 0.1) is 5.92 Å². The predicted molar refractivity (Wildman–Crippen MR) is 56.4 cm³/mol. The Labute approximate surface area is 96.5 Å². The van der Waals surface area contributed by atoms with E-state index in [4.69, 9.17) is 11.6 Å². The highest BCUT2D eigenvalue weighted by atomic mass is 35.5. The molecule has 0 atom stereocenters. The van der Waals surface area contributed by atoms with Crippen LogP contribution in [0.1, 0.15) is 12.5 Å². The first kappa shape index (κ1) is 12.9. The van der Waals surface area contributed by atoms with Crippen LogP contribution in [0.5, 0.6) is 5.75 Å². The molecular formula is C11H9ClF3O. The van der Waals surface area contributed by atoms with E-state index in [1.165, 1.54) is 24.3 Å². The smallest absolute Gasteiger partial charge is 0.405 e. The molecule has 1 aromatic rings. The molecule has 0 aliphatic carbocycles. The minimum absolute atomic E-state index is 0.278. The average Bonchev–Trinajstić information content (AvgIpc) is 2.17. The molecule has 0 saturated heterocycles. The lowest BCUT2D eigenvalue weighted by molar-refractivity contribution is -0.274. The Hall–Kier alpha value is -1.16. The van der Waals surface area contributed by atoms with Gasteiger partial charge in [0.25, 0.3) is 0 Å². The summed E-state index contributed by atoms with van der Waals surface area (Å²) in [6, 6.07) is 3.92. The minimum Gasteiger partial charge on any atom is -0.405 e. The number of rotatable bonds is 3. The number of hydrogen-bond donors (Lipinski definition) is 0. The second-order valence-electron chi connectivity index (χ2n) is 3.08. The fraction of sp³-hybridized carbons (Fsp3) is 0.182. The van der Waals surface area contributed by atoms with Gasteiger partial charge in [-0.05, 0) is 18.2 Å². The molecule has 0 aliphatic rings. The van der Waals surface area contributed by atoms with Crippen LogP contribution in [0.4, 0.5) is 13.2 Å². The van der Waals surface area contributed by atoms with Gasteiger partial charge in [-0.2, -0.15) is 0 Å². The lowest BCUT2D eigenvalue weighted by Gasteiger charge is -2.15. The van der Waals surface area contributed by atoms with Crippen molar-refractivity contribution in [2.75, 3.05) is 0 Å². The number of halogens is 4. The SMILES string of the molecule is C=C[C](C)c1cc(Cl)ccc1OC(F)(F)F. The zero-order valence-corrected chi connectivity index (χ0v) is 9.19. The van der Waals surface area contributed by atoms with E-state index in [9.17, 15) is 13.2 Å². The molecule has 0 spiro atoms. The molecular weight excluding hydrogens is 241 g/mol. The molecule has 0 aromatic heterocycles. The third kappa shape index (κ3) is 3.45. The molecule has 0 saturated carbocycles. The van der Waals surface area contributed by atoms with Crippen LogP contribution in [-0.2, 0) is 0 Å². The van der Waals surface area contributed by atoms with Crippen molar-refractivity contribution in [3.05, 3.63) is 47.4 Å². The van der Waals surface area contributed by atoms with Crippen LogP contribution in [0.15, 0.2) is 30.9 Å². The van der Waals surface area contributed by atoms with Crippen LogP contribution in [0.25, 0.3) is 0 Å². The van der Waals surface area contributed by atoms with Crippen LogP contribution in [0.3, 0.4) is 0 Å². The first-order valence-electron chi connectivity index (χ1n) is 4.35. The van der Waals surface area contributed by atoms with Crippen molar-refractivity contribution in [1.82, 2.24) is 0 Å². The molecule has 0 aliphatic heterocycles. The number of allylic oxidation sites excluding steroid dienone is 1. The molecule has 1 rings (SSSR count). The minimum atomic E-state index is -4.72. The number of ether oxygens (including phenoxy) is 1. The van der Waals surface area contributed by atoms with Gasteiger partial charge in [0.1, 0.15) is 5.75 Å². The van der Waals surface area contributed by atoms with E-state index >= 15 is 0 Å². The third-order valence-corrected chi connectivity index (χ3v) is 2.13. The van der Waals surface area contributed by atoms with Crippen molar-refractivity contribution >= 4 is 11.6 Å². The maximum absolute atomic E-state index is 12.1. The van der Waals surface area contributed by atoms with Gasteiger partial charge >= 0.3 is 6.36 Å². The van der Waals surface area contributed by atoms with E-state index in [-0.39, 0.29) is 11.3 Å². The van der Waals surface area contributed by atoms with Gasteiger partial charge in [-0.1, -0.05) is 24.6 Å². The van der Waals surface area contributed by atoms with Crippen LogP contribution in [0.2, 0.25) is 5.02 Å². The molecule has 5 heteroatoms. The van der Waals surface area contributed by atoms with E-state index in [0.717, 1.165) is 0 Å². The summed E-state index contributed by atoms with van der Waals surface area (Å²) in [5.41, 5.74) is 0.278. The second kappa shape index (κ2) is 4.78. The fourth-order valence-corrected chi connectivity index (χ4v) is 1.31. The van der Waals surface area contributed by atoms with Gasteiger partial charge in [0, 0.05) is 16.5 Å². The maximum Gasteiger partial charge on any atom is 0.573 e. The maximum atomic E-state index is 12.1. The van der Waals surface area contributed by atoms with Gasteiger partial charge in [0.15, 0.2) is 0 Å². The number of alkyl halides is 3. The normalized spacial score (nSPS) is 11.6. The molecule has 0 amide bonds. The van der Waals surface area contributed by atoms with E-state index in [2.05, 4.69) is 11.3 Å². The Morgan fingerprint density at radius 3 is 2.56 bits per heavy atom. The topological polar surface area (TPSA) is 9.23 Å². The summed E-state index contributed by atoms with van der Waals surface area (Å²) < 4.78 is 40.2. The lowest BCUT2D eigenvalue weighted by atomic mass is 10.0. The van der Waals surface area contributed by atoms with Crippen molar-refractivity contribution in [1.29, 1.82) is 0 Å². The lowest BCUT2D eigenvalue weighted by Crippen LogP contribution is -2.18. The standard InChI is InChI=1S/C11H9ClF3O/c1-3-7(2)9-6-8(12)4-5-10(9)16-11(13,14)15/h3-6H,1H2,2H3. The number of benzene rings is 1. The Balaban J connectivity index is 3.12. The molecule has 1 nitrogen and oxygen atoms in total. The second-order valence-corrected chi connectivity index (χ2v) is 3.51. The first-order chi connectivity index (χ1) is 7.33. The van der Waals surface area contributed by atoms with Crippen LogP contribution < -0.4 is 4.74 Å². The Morgan fingerprint density at radius 1 is 1.44 bits per heavy atom. The van der Waals surface area contributed by atoms with Crippen molar-refractivity contribution < 1.29 is 17.9 Å². The average molecular weight is 250 g/mol. The quantitative estimate of drug-likeness (QED) is 0.773. The molecule has 16 heavy (non-hydrogen) atoms. The zero-order chi connectivity index (χ0) is 12.3. The highest BCUT2D eigenvalue weighted by Crippen LogP contribution is 2.33. The summed E-state index contributed by atoms with van der Waals surface area (Å²) in [5, 5.41) is 0.339. The molecule has 0 unspecified atom stereocenters. The van der Waals surface area contributed by atoms with Gasteiger partial charge in [-0.25, -0.2) is 0 Å². The summed E-state index contributed by atoms with van der Waals surface area (Å²) in [5.74, 6) is 0.274. The fourth-order valence-electron chi connectivity index (χ4n) is 1.13. The van der Waals surface area contributed by atoms with Crippen molar-refractivity contribution in [3.63, 3.8) is 0 Å². The summed E-state index contributed by atoms with van der Waals surface area (Å²) in [4.78, 5) is 0. The van der Waals surface area contributed by atoms with Crippen LogP contribution in [-0.4, -0.2) is 6.36 Å². The van der Waals surface area contributed by atoms with Crippen molar-refractivity contribution in [2.24, 2.45) is 0 Å². The monoisotopic (exact) mass is 249 g/mol.